The van der Waals surface area contributed by atoms with Gasteiger partial charge in [-0.15, -0.1) is 0 Å². The van der Waals surface area contributed by atoms with Crippen LogP contribution in [0.5, 0.6) is 0 Å². The topological polar surface area (TPSA) is 46.0 Å². The zero-order chi connectivity index (χ0) is 15.6. The molecule has 0 spiro atoms. The fourth-order valence-electron chi connectivity index (χ4n) is 2.32. The zero-order valence-electron chi connectivity index (χ0n) is 12.1. The summed E-state index contributed by atoms with van der Waals surface area (Å²) in [6, 6.07) is 13.4. The van der Waals surface area contributed by atoms with Crippen LogP contribution in [0.4, 0.5) is 4.39 Å². The Kier molecular flexibility index (Phi) is 3.69. The Bertz CT molecular complexity index is 753. The second-order valence-electron chi connectivity index (χ2n) is 5.25. The molecule has 3 rings (SSSR count). The van der Waals surface area contributed by atoms with Gasteiger partial charge in [0.15, 0.2) is 0 Å². The lowest BCUT2D eigenvalue weighted by atomic mass is 9.92. The Morgan fingerprint density at radius 2 is 1.55 bits per heavy atom. The van der Waals surface area contributed by atoms with Crippen molar-refractivity contribution < 1.29 is 9.50 Å². The summed E-state index contributed by atoms with van der Waals surface area (Å²) in [7, 11) is 0. The number of nitrogens with zero attached hydrogens (tertiary/aromatic N) is 2. The summed E-state index contributed by atoms with van der Waals surface area (Å²) >= 11 is 0. The number of pyridine rings is 2. The van der Waals surface area contributed by atoms with E-state index in [9.17, 15) is 9.50 Å². The number of halogens is 1. The van der Waals surface area contributed by atoms with Crippen molar-refractivity contribution in [2.24, 2.45) is 0 Å². The van der Waals surface area contributed by atoms with Crippen molar-refractivity contribution in [1.29, 1.82) is 0 Å². The molecule has 4 heteroatoms. The largest absolute Gasteiger partial charge is 0.379 e. The van der Waals surface area contributed by atoms with Crippen LogP contribution in [-0.4, -0.2) is 15.1 Å². The Morgan fingerprint density at radius 3 is 2.14 bits per heavy atom. The molecule has 0 saturated carbocycles. The second-order valence-corrected chi connectivity index (χ2v) is 5.25. The third kappa shape index (κ3) is 2.73. The zero-order valence-corrected chi connectivity index (χ0v) is 12.1. The highest BCUT2D eigenvalue weighted by atomic mass is 19.1. The first-order valence-corrected chi connectivity index (χ1v) is 6.93. The van der Waals surface area contributed by atoms with Crippen LogP contribution in [0.25, 0.3) is 11.1 Å². The molecule has 110 valence electrons. The van der Waals surface area contributed by atoms with Gasteiger partial charge >= 0.3 is 0 Å². The fraction of sp³-hybridized carbons (Fsp3) is 0.111. The van der Waals surface area contributed by atoms with Crippen molar-refractivity contribution >= 4 is 0 Å². The van der Waals surface area contributed by atoms with Crippen molar-refractivity contribution in [3.8, 4) is 11.1 Å². The van der Waals surface area contributed by atoms with Gasteiger partial charge in [0.05, 0.1) is 5.69 Å². The molecule has 1 unspecified atom stereocenters. The monoisotopic (exact) mass is 294 g/mol. The Morgan fingerprint density at radius 1 is 0.909 bits per heavy atom. The third-order valence-corrected chi connectivity index (χ3v) is 3.68. The highest BCUT2D eigenvalue weighted by Gasteiger charge is 2.26. The highest BCUT2D eigenvalue weighted by molar-refractivity contribution is 5.62. The molecule has 0 aliphatic carbocycles. The van der Waals surface area contributed by atoms with Crippen LogP contribution in [0, 0.1) is 5.82 Å². The summed E-state index contributed by atoms with van der Waals surface area (Å²) in [6.07, 6.45) is 4.95. The lowest BCUT2D eigenvalue weighted by Crippen LogP contribution is -2.24. The van der Waals surface area contributed by atoms with E-state index in [-0.39, 0.29) is 5.82 Å². The molecule has 22 heavy (non-hydrogen) atoms. The van der Waals surface area contributed by atoms with Gasteiger partial charge in [-0.3, -0.25) is 9.97 Å². The van der Waals surface area contributed by atoms with Crippen LogP contribution in [0.15, 0.2) is 67.1 Å². The maximum Gasteiger partial charge on any atom is 0.129 e. The molecule has 2 heterocycles. The maximum absolute atomic E-state index is 13.0. The number of rotatable bonds is 3. The average molecular weight is 294 g/mol. The molecule has 0 fully saturated rings. The summed E-state index contributed by atoms with van der Waals surface area (Å²) in [5.74, 6) is -0.269. The predicted octanol–water partition coefficient (Wildman–Crippen LogP) is 3.54. The standard InChI is InChI=1S/C18H15FN2O/c1-18(22,15-8-10-20-11-9-15)17-7-4-14(12-21-17)13-2-5-16(19)6-3-13/h2-12,22H,1H3. The molecular weight excluding hydrogens is 279 g/mol. The van der Waals surface area contributed by atoms with E-state index in [0.717, 1.165) is 16.7 Å². The van der Waals surface area contributed by atoms with Gasteiger partial charge in [-0.2, -0.15) is 0 Å². The summed E-state index contributed by atoms with van der Waals surface area (Å²) in [6.45, 7) is 1.70. The number of aromatic nitrogens is 2. The molecule has 1 atom stereocenters. The predicted molar refractivity (Wildman–Crippen MR) is 82.5 cm³/mol. The van der Waals surface area contributed by atoms with E-state index in [1.807, 2.05) is 6.07 Å². The van der Waals surface area contributed by atoms with Crippen LogP contribution in [0.1, 0.15) is 18.2 Å². The van der Waals surface area contributed by atoms with Gasteiger partial charge in [-0.1, -0.05) is 18.2 Å². The van der Waals surface area contributed by atoms with Crippen LogP contribution in [0.2, 0.25) is 0 Å². The van der Waals surface area contributed by atoms with Gasteiger partial charge in [0.2, 0.25) is 0 Å². The average Bonchev–Trinajstić information content (AvgIpc) is 2.56. The molecule has 1 aromatic carbocycles. The maximum atomic E-state index is 13.0. The number of benzene rings is 1. The fourth-order valence-corrected chi connectivity index (χ4v) is 2.32. The molecule has 0 aliphatic rings. The molecule has 3 nitrogen and oxygen atoms in total. The minimum absolute atomic E-state index is 0.269. The number of aliphatic hydroxyl groups is 1. The van der Waals surface area contributed by atoms with E-state index >= 15 is 0 Å². The van der Waals surface area contributed by atoms with Gasteiger partial charge in [0, 0.05) is 24.2 Å². The molecular formula is C18H15FN2O. The summed E-state index contributed by atoms with van der Waals surface area (Å²) in [4.78, 5) is 8.31. The van der Waals surface area contributed by atoms with E-state index in [2.05, 4.69) is 9.97 Å². The van der Waals surface area contributed by atoms with Gasteiger partial charge in [-0.05, 0) is 48.4 Å². The Labute approximate surface area is 128 Å². The van der Waals surface area contributed by atoms with Gasteiger partial charge < -0.3 is 5.11 Å². The van der Waals surface area contributed by atoms with Gasteiger partial charge in [-0.25, -0.2) is 4.39 Å². The second kappa shape index (κ2) is 5.66. The van der Waals surface area contributed by atoms with Crippen molar-refractivity contribution in [2.75, 3.05) is 0 Å². The minimum atomic E-state index is -1.19. The van der Waals surface area contributed by atoms with E-state index in [1.54, 1.807) is 55.8 Å². The van der Waals surface area contributed by atoms with Crippen LogP contribution < -0.4 is 0 Å². The van der Waals surface area contributed by atoms with Crippen LogP contribution in [-0.2, 0) is 5.60 Å². The Hall–Kier alpha value is -2.59. The number of hydrogen-bond acceptors (Lipinski definition) is 3. The summed E-state index contributed by atoms with van der Waals surface area (Å²) < 4.78 is 13.0. The number of hydrogen-bond donors (Lipinski definition) is 1. The van der Waals surface area contributed by atoms with E-state index in [0.29, 0.717) is 5.69 Å². The quantitative estimate of drug-likeness (QED) is 0.803. The third-order valence-electron chi connectivity index (χ3n) is 3.68. The molecule has 0 radical (unpaired) electrons. The first-order chi connectivity index (χ1) is 10.6. The lowest BCUT2D eigenvalue weighted by Gasteiger charge is -2.23. The first-order valence-electron chi connectivity index (χ1n) is 6.93. The normalized spacial score (nSPS) is 13.6. The lowest BCUT2D eigenvalue weighted by molar-refractivity contribution is 0.0973. The molecule has 3 aromatic rings. The molecule has 0 amide bonds. The van der Waals surface area contributed by atoms with Crippen molar-refractivity contribution in [3.05, 3.63) is 84.2 Å². The van der Waals surface area contributed by atoms with Crippen LogP contribution in [0.3, 0.4) is 0 Å². The van der Waals surface area contributed by atoms with Gasteiger partial charge in [0.25, 0.3) is 0 Å². The molecule has 2 aromatic heterocycles. The summed E-state index contributed by atoms with van der Waals surface area (Å²) in [5.41, 5.74) is 1.83. The highest BCUT2D eigenvalue weighted by Crippen LogP contribution is 2.28. The summed E-state index contributed by atoms with van der Waals surface area (Å²) in [5, 5.41) is 10.7. The van der Waals surface area contributed by atoms with E-state index in [4.69, 9.17) is 0 Å². The molecule has 0 bridgehead atoms. The van der Waals surface area contributed by atoms with E-state index in [1.165, 1.54) is 12.1 Å². The SMILES string of the molecule is CC(O)(c1ccncc1)c1ccc(-c2ccc(F)cc2)cn1. The first kappa shape index (κ1) is 14.4. The van der Waals surface area contributed by atoms with Crippen molar-refractivity contribution in [1.82, 2.24) is 9.97 Å². The van der Waals surface area contributed by atoms with Gasteiger partial charge in [0.1, 0.15) is 11.4 Å². The molecule has 0 saturated heterocycles. The Balaban J connectivity index is 1.93. The minimum Gasteiger partial charge on any atom is -0.379 e. The van der Waals surface area contributed by atoms with Crippen molar-refractivity contribution in [2.45, 2.75) is 12.5 Å². The molecule has 1 N–H and O–H groups in total. The van der Waals surface area contributed by atoms with Crippen LogP contribution >= 0.6 is 0 Å². The van der Waals surface area contributed by atoms with E-state index < -0.39 is 5.60 Å². The van der Waals surface area contributed by atoms with Crippen molar-refractivity contribution in [3.63, 3.8) is 0 Å². The smallest absolute Gasteiger partial charge is 0.129 e. The molecule has 0 aliphatic heterocycles.